The second kappa shape index (κ2) is 5.82. The molecule has 1 amide bonds. The molecule has 6 heteroatoms. The van der Waals surface area contributed by atoms with Crippen molar-refractivity contribution in [3.05, 3.63) is 45.6 Å². The average molecular weight is 349 g/mol. The van der Waals surface area contributed by atoms with Crippen molar-refractivity contribution >= 4 is 34.5 Å². The van der Waals surface area contributed by atoms with Crippen LogP contribution in [0.4, 0.5) is 5.69 Å². The molecule has 2 fully saturated rings. The van der Waals surface area contributed by atoms with Crippen molar-refractivity contribution in [2.24, 2.45) is 0 Å². The fourth-order valence-electron chi connectivity index (χ4n) is 3.61. The zero-order chi connectivity index (χ0) is 16.0. The smallest absolute Gasteiger partial charge is 0.246 e. The molecule has 0 spiro atoms. The Morgan fingerprint density at radius 2 is 2.22 bits per heavy atom. The molecule has 0 radical (unpaired) electrons. The predicted octanol–water partition coefficient (Wildman–Crippen LogP) is 3.92. The molecule has 4 nitrogen and oxygen atoms in total. The molecule has 0 N–H and O–H groups in total. The Morgan fingerprint density at radius 3 is 2.96 bits per heavy atom. The summed E-state index contributed by atoms with van der Waals surface area (Å²) in [5.74, 6) is 0.812. The number of fused-ring (bicyclic) bond motifs is 1. The summed E-state index contributed by atoms with van der Waals surface area (Å²) >= 11 is 7.87. The number of rotatable bonds is 3. The van der Waals surface area contributed by atoms with Gasteiger partial charge in [0.1, 0.15) is 11.9 Å². The third kappa shape index (κ3) is 2.35. The largest absolute Gasteiger partial charge is 0.495 e. The van der Waals surface area contributed by atoms with Gasteiger partial charge in [-0.3, -0.25) is 14.6 Å². The lowest BCUT2D eigenvalue weighted by molar-refractivity contribution is -0.119. The lowest BCUT2D eigenvalue weighted by Crippen LogP contribution is -2.32. The van der Waals surface area contributed by atoms with Crippen LogP contribution in [-0.2, 0) is 4.79 Å². The molecule has 0 unspecified atom stereocenters. The number of benzene rings is 1. The highest BCUT2D eigenvalue weighted by Crippen LogP contribution is 2.46. The first-order valence-electron chi connectivity index (χ1n) is 7.66. The molecule has 2 aliphatic rings. The lowest BCUT2D eigenvalue weighted by atomic mass is 10.2. The topological polar surface area (TPSA) is 32.8 Å². The van der Waals surface area contributed by atoms with Crippen LogP contribution in [0.3, 0.4) is 0 Å². The van der Waals surface area contributed by atoms with Crippen molar-refractivity contribution in [1.82, 2.24) is 4.90 Å². The highest BCUT2D eigenvalue weighted by molar-refractivity contribution is 7.10. The number of hydrogen-bond donors (Lipinski definition) is 0. The maximum absolute atomic E-state index is 13.1. The number of amides is 1. The molecule has 23 heavy (non-hydrogen) atoms. The maximum Gasteiger partial charge on any atom is 0.246 e. The Bertz CT molecular complexity index is 734. The maximum atomic E-state index is 13.1. The van der Waals surface area contributed by atoms with Crippen LogP contribution >= 0.6 is 22.9 Å². The standard InChI is InChI=1S/C17H17ClN2O2S/c1-22-14-7-6-11(18)10-13(14)20-16(15-5-3-9-23-15)19-8-2-4-12(19)17(20)21/h3,5-7,9-10,12,16H,2,4,8H2,1H3/t12-,16+/m0/s1. The van der Waals surface area contributed by atoms with E-state index in [0.717, 1.165) is 25.1 Å². The normalized spacial score (nSPS) is 24.3. The first kappa shape index (κ1) is 15.0. The molecule has 4 rings (SSSR count). The Morgan fingerprint density at radius 1 is 1.35 bits per heavy atom. The monoisotopic (exact) mass is 348 g/mol. The zero-order valence-electron chi connectivity index (χ0n) is 12.7. The second-order valence-electron chi connectivity index (χ2n) is 5.81. The van der Waals surface area contributed by atoms with Gasteiger partial charge < -0.3 is 4.74 Å². The number of nitrogens with zero attached hydrogens (tertiary/aromatic N) is 2. The summed E-state index contributed by atoms with van der Waals surface area (Å²) in [6.07, 6.45) is 1.92. The zero-order valence-corrected chi connectivity index (χ0v) is 14.3. The van der Waals surface area contributed by atoms with Gasteiger partial charge in [0.25, 0.3) is 0 Å². The fraction of sp³-hybridized carbons (Fsp3) is 0.353. The van der Waals surface area contributed by atoms with E-state index in [1.807, 2.05) is 23.1 Å². The number of carbonyl (C=O) groups excluding carboxylic acids is 1. The van der Waals surface area contributed by atoms with E-state index in [1.165, 1.54) is 4.88 Å². The van der Waals surface area contributed by atoms with Gasteiger partial charge in [0, 0.05) is 16.4 Å². The third-order valence-corrected chi connectivity index (χ3v) is 5.72. The Balaban J connectivity index is 1.85. The van der Waals surface area contributed by atoms with Crippen molar-refractivity contribution in [3.63, 3.8) is 0 Å². The van der Waals surface area contributed by atoms with E-state index < -0.39 is 0 Å². The van der Waals surface area contributed by atoms with Crippen LogP contribution in [0.5, 0.6) is 5.75 Å². The number of anilines is 1. The van der Waals surface area contributed by atoms with Crippen LogP contribution in [0.1, 0.15) is 23.9 Å². The van der Waals surface area contributed by atoms with E-state index in [9.17, 15) is 4.79 Å². The first-order chi connectivity index (χ1) is 11.2. The molecule has 0 aliphatic carbocycles. The molecular formula is C17H17ClN2O2S. The van der Waals surface area contributed by atoms with Crippen molar-refractivity contribution in [1.29, 1.82) is 0 Å². The van der Waals surface area contributed by atoms with Crippen LogP contribution in [-0.4, -0.2) is 30.5 Å². The molecule has 2 atom stereocenters. The number of carbonyl (C=O) groups is 1. The minimum absolute atomic E-state index is 0.0363. The summed E-state index contributed by atoms with van der Waals surface area (Å²) in [5, 5.41) is 2.65. The van der Waals surface area contributed by atoms with Gasteiger partial charge in [-0.1, -0.05) is 17.7 Å². The molecule has 2 aromatic rings. The Kier molecular flexibility index (Phi) is 3.79. The molecule has 2 aliphatic heterocycles. The highest BCUT2D eigenvalue weighted by atomic mass is 35.5. The predicted molar refractivity (Wildman–Crippen MR) is 92.3 cm³/mol. The number of thiophene rings is 1. The fourth-order valence-corrected chi connectivity index (χ4v) is 4.61. The summed E-state index contributed by atoms with van der Waals surface area (Å²) in [6.45, 7) is 0.943. The Labute approximate surface area is 144 Å². The van der Waals surface area contributed by atoms with Gasteiger partial charge in [-0.2, -0.15) is 0 Å². The molecule has 0 bridgehead atoms. The van der Waals surface area contributed by atoms with Crippen molar-refractivity contribution < 1.29 is 9.53 Å². The number of halogens is 1. The van der Waals surface area contributed by atoms with Crippen molar-refractivity contribution in [2.45, 2.75) is 25.0 Å². The van der Waals surface area contributed by atoms with E-state index in [0.29, 0.717) is 10.8 Å². The van der Waals surface area contributed by atoms with Gasteiger partial charge in [-0.15, -0.1) is 11.3 Å². The second-order valence-corrected chi connectivity index (χ2v) is 7.23. The molecule has 120 valence electrons. The third-order valence-electron chi connectivity index (χ3n) is 4.57. The van der Waals surface area contributed by atoms with Gasteiger partial charge in [0.05, 0.1) is 18.8 Å². The number of ether oxygens (including phenoxy) is 1. The molecule has 2 saturated heterocycles. The van der Waals surface area contributed by atoms with Gasteiger partial charge in [-0.25, -0.2) is 0 Å². The van der Waals surface area contributed by atoms with Gasteiger partial charge in [0.15, 0.2) is 0 Å². The number of hydrogen-bond acceptors (Lipinski definition) is 4. The summed E-state index contributed by atoms with van der Waals surface area (Å²) in [7, 11) is 1.62. The van der Waals surface area contributed by atoms with Crippen molar-refractivity contribution in [2.75, 3.05) is 18.6 Å². The average Bonchev–Trinajstić information content (AvgIpc) is 3.26. The van der Waals surface area contributed by atoms with E-state index >= 15 is 0 Å². The quantitative estimate of drug-likeness (QED) is 0.842. The van der Waals surface area contributed by atoms with E-state index in [2.05, 4.69) is 16.3 Å². The summed E-state index contributed by atoms with van der Waals surface area (Å²) < 4.78 is 5.48. The summed E-state index contributed by atoms with van der Waals surface area (Å²) in [5.41, 5.74) is 0.748. The highest BCUT2D eigenvalue weighted by Gasteiger charge is 2.50. The van der Waals surface area contributed by atoms with E-state index in [4.69, 9.17) is 16.3 Å². The minimum Gasteiger partial charge on any atom is -0.495 e. The molecular weight excluding hydrogens is 332 g/mol. The summed E-state index contributed by atoms with van der Waals surface area (Å²) in [4.78, 5) is 18.4. The molecule has 1 aromatic carbocycles. The lowest BCUT2D eigenvalue weighted by Gasteiger charge is -2.29. The SMILES string of the molecule is COc1ccc(Cl)cc1N1C(=O)[C@@H]2CCCN2[C@H]1c1cccs1. The van der Waals surface area contributed by atoms with Crippen LogP contribution < -0.4 is 9.64 Å². The van der Waals surface area contributed by atoms with Crippen LogP contribution in [0.2, 0.25) is 5.02 Å². The molecule has 0 saturated carbocycles. The van der Waals surface area contributed by atoms with Gasteiger partial charge in [-0.05, 0) is 42.5 Å². The van der Waals surface area contributed by atoms with Crippen LogP contribution in [0.25, 0.3) is 0 Å². The minimum atomic E-state index is -0.0673. The first-order valence-corrected chi connectivity index (χ1v) is 8.92. The number of methoxy groups -OCH3 is 1. The van der Waals surface area contributed by atoms with Crippen LogP contribution in [0.15, 0.2) is 35.7 Å². The van der Waals surface area contributed by atoms with Crippen molar-refractivity contribution in [3.8, 4) is 5.75 Å². The molecule has 1 aromatic heterocycles. The van der Waals surface area contributed by atoms with Gasteiger partial charge >= 0.3 is 0 Å². The summed E-state index contributed by atoms with van der Waals surface area (Å²) in [6, 6.07) is 9.51. The van der Waals surface area contributed by atoms with Crippen LogP contribution in [0, 0.1) is 0 Å². The van der Waals surface area contributed by atoms with E-state index in [-0.39, 0.29) is 18.1 Å². The molecule has 3 heterocycles. The van der Waals surface area contributed by atoms with E-state index in [1.54, 1.807) is 24.5 Å². The van der Waals surface area contributed by atoms with Gasteiger partial charge in [0.2, 0.25) is 5.91 Å². The Hall–Kier alpha value is -1.56.